The highest BCUT2D eigenvalue weighted by molar-refractivity contribution is 5.76. The van der Waals surface area contributed by atoms with Gasteiger partial charge in [-0.25, -0.2) is 0 Å². The van der Waals surface area contributed by atoms with E-state index in [0.29, 0.717) is 0 Å². The Morgan fingerprint density at radius 1 is 1.50 bits per heavy atom. The molecule has 0 spiro atoms. The lowest BCUT2D eigenvalue weighted by atomic mass is 10.2. The van der Waals surface area contributed by atoms with Crippen LogP contribution in [-0.4, -0.2) is 37.9 Å². The number of nitrogens with two attached hydrogens (primary N) is 1. The molecule has 0 aromatic carbocycles. The van der Waals surface area contributed by atoms with Crippen molar-refractivity contribution in [2.45, 2.75) is 38.1 Å². The van der Waals surface area contributed by atoms with Crippen LogP contribution in [0.15, 0.2) is 0 Å². The fourth-order valence-electron chi connectivity index (χ4n) is 1.20. The second kappa shape index (κ2) is 6.70. The number of halogens is 3. The summed E-state index contributed by atoms with van der Waals surface area (Å²) < 4.78 is 40.7. The van der Waals surface area contributed by atoms with E-state index in [4.69, 9.17) is 10.5 Å². The van der Waals surface area contributed by atoms with E-state index in [9.17, 15) is 18.0 Å². The fourth-order valence-corrected chi connectivity index (χ4v) is 1.20. The van der Waals surface area contributed by atoms with Gasteiger partial charge in [0.15, 0.2) is 0 Å². The highest BCUT2D eigenvalue weighted by atomic mass is 19.4. The molecule has 16 heavy (non-hydrogen) atoms. The average Bonchev–Trinajstić information content (AvgIpc) is 2.10. The molecule has 0 aromatic heterocycles. The van der Waals surface area contributed by atoms with Crippen molar-refractivity contribution in [3.8, 4) is 0 Å². The first-order valence-corrected chi connectivity index (χ1v) is 4.87. The highest BCUT2D eigenvalue weighted by Gasteiger charge is 2.30. The summed E-state index contributed by atoms with van der Waals surface area (Å²) in [5, 5.41) is 2.24. The van der Waals surface area contributed by atoms with Gasteiger partial charge < -0.3 is 15.8 Å². The van der Waals surface area contributed by atoms with Gasteiger partial charge in [0.2, 0.25) is 5.91 Å². The Balaban J connectivity index is 3.95. The molecule has 4 nitrogen and oxygen atoms in total. The molecule has 96 valence electrons. The SMILES string of the molecule is COC(CN)CC(=O)NC(C)CC(F)(F)F. The Labute approximate surface area is 92.3 Å². The van der Waals surface area contributed by atoms with Gasteiger partial charge in [0.1, 0.15) is 0 Å². The maximum atomic E-state index is 12.0. The molecule has 0 fully saturated rings. The first-order valence-electron chi connectivity index (χ1n) is 4.87. The minimum Gasteiger partial charge on any atom is -0.380 e. The maximum absolute atomic E-state index is 12.0. The lowest BCUT2D eigenvalue weighted by molar-refractivity contribution is -0.141. The lowest BCUT2D eigenvalue weighted by Gasteiger charge is -2.18. The van der Waals surface area contributed by atoms with Crippen molar-refractivity contribution in [3.05, 3.63) is 0 Å². The second-order valence-electron chi connectivity index (χ2n) is 3.59. The van der Waals surface area contributed by atoms with E-state index < -0.39 is 30.7 Å². The summed E-state index contributed by atoms with van der Waals surface area (Å²) in [6.07, 6.45) is -5.81. The van der Waals surface area contributed by atoms with Crippen LogP contribution in [0.2, 0.25) is 0 Å². The minimum absolute atomic E-state index is 0.0325. The zero-order valence-corrected chi connectivity index (χ0v) is 9.30. The van der Waals surface area contributed by atoms with Gasteiger partial charge in [0, 0.05) is 19.7 Å². The van der Waals surface area contributed by atoms with Crippen LogP contribution in [0.4, 0.5) is 13.2 Å². The molecule has 0 saturated heterocycles. The summed E-state index contributed by atoms with van der Waals surface area (Å²) in [6, 6.07) is -0.942. The monoisotopic (exact) mass is 242 g/mol. The smallest absolute Gasteiger partial charge is 0.380 e. The van der Waals surface area contributed by atoms with Crippen molar-refractivity contribution in [1.29, 1.82) is 0 Å². The van der Waals surface area contributed by atoms with Crippen LogP contribution in [0.3, 0.4) is 0 Å². The standard InChI is InChI=1S/C9H17F3N2O2/c1-6(4-9(10,11)12)14-8(15)3-7(5-13)16-2/h6-7H,3-5,13H2,1-2H3,(H,14,15). The fraction of sp³-hybridized carbons (Fsp3) is 0.889. The summed E-state index contributed by atoms with van der Waals surface area (Å²) in [6.45, 7) is 1.45. The molecule has 0 rings (SSSR count). The number of amides is 1. The van der Waals surface area contributed by atoms with Gasteiger partial charge in [-0.2, -0.15) is 13.2 Å². The van der Waals surface area contributed by atoms with Crippen LogP contribution in [-0.2, 0) is 9.53 Å². The molecule has 2 unspecified atom stereocenters. The molecular formula is C9H17F3N2O2. The molecule has 0 aliphatic heterocycles. The first kappa shape index (κ1) is 15.2. The van der Waals surface area contributed by atoms with Crippen LogP contribution in [0.5, 0.6) is 0 Å². The van der Waals surface area contributed by atoms with Crippen molar-refractivity contribution in [3.63, 3.8) is 0 Å². The third kappa shape index (κ3) is 7.47. The highest BCUT2D eigenvalue weighted by Crippen LogP contribution is 2.21. The zero-order chi connectivity index (χ0) is 12.8. The predicted octanol–water partition coefficient (Wildman–Crippen LogP) is 0.807. The van der Waals surface area contributed by atoms with E-state index in [0.717, 1.165) is 0 Å². The molecule has 2 atom stereocenters. The van der Waals surface area contributed by atoms with Crippen molar-refractivity contribution >= 4 is 5.91 Å². The molecule has 1 amide bonds. The number of hydrogen-bond donors (Lipinski definition) is 2. The number of carbonyl (C=O) groups excluding carboxylic acids is 1. The third-order valence-corrected chi connectivity index (χ3v) is 1.95. The van der Waals surface area contributed by atoms with E-state index >= 15 is 0 Å². The largest absolute Gasteiger partial charge is 0.391 e. The molecular weight excluding hydrogens is 225 g/mol. The Morgan fingerprint density at radius 3 is 2.44 bits per heavy atom. The van der Waals surface area contributed by atoms with Crippen LogP contribution in [0, 0.1) is 0 Å². The van der Waals surface area contributed by atoms with E-state index in [1.54, 1.807) is 0 Å². The number of alkyl halides is 3. The lowest BCUT2D eigenvalue weighted by Crippen LogP contribution is -2.39. The normalized spacial score (nSPS) is 15.6. The summed E-state index contributed by atoms with van der Waals surface area (Å²) in [5.41, 5.74) is 5.28. The van der Waals surface area contributed by atoms with Gasteiger partial charge in [0.05, 0.1) is 18.9 Å². The Bertz CT molecular complexity index is 217. The number of rotatable bonds is 6. The summed E-state index contributed by atoms with van der Waals surface area (Å²) >= 11 is 0. The Kier molecular flexibility index (Phi) is 6.35. The van der Waals surface area contributed by atoms with Crippen molar-refractivity contribution < 1.29 is 22.7 Å². The van der Waals surface area contributed by atoms with Crippen molar-refractivity contribution in [2.75, 3.05) is 13.7 Å². The molecule has 0 aromatic rings. The summed E-state index contributed by atoms with van der Waals surface area (Å²) in [4.78, 5) is 11.3. The second-order valence-corrected chi connectivity index (χ2v) is 3.59. The Hall–Kier alpha value is -0.820. The van der Waals surface area contributed by atoms with Crippen LogP contribution >= 0.6 is 0 Å². The maximum Gasteiger partial charge on any atom is 0.391 e. The minimum atomic E-state index is -4.28. The van der Waals surface area contributed by atoms with Gasteiger partial charge in [-0.3, -0.25) is 4.79 Å². The van der Waals surface area contributed by atoms with Crippen LogP contribution in [0.25, 0.3) is 0 Å². The Morgan fingerprint density at radius 2 is 2.06 bits per heavy atom. The molecule has 0 aliphatic carbocycles. The van der Waals surface area contributed by atoms with Gasteiger partial charge in [0.25, 0.3) is 0 Å². The van der Waals surface area contributed by atoms with Crippen molar-refractivity contribution in [1.82, 2.24) is 5.32 Å². The van der Waals surface area contributed by atoms with E-state index in [-0.39, 0.29) is 13.0 Å². The molecule has 7 heteroatoms. The molecule has 3 N–H and O–H groups in total. The van der Waals surface area contributed by atoms with Crippen LogP contribution in [0.1, 0.15) is 19.8 Å². The van der Waals surface area contributed by atoms with E-state index in [1.807, 2.05) is 0 Å². The molecule has 0 radical (unpaired) electrons. The molecule has 0 heterocycles. The molecule has 0 aliphatic rings. The third-order valence-electron chi connectivity index (χ3n) is 1.95. The predicted molar refractivity (Wildman–Crippen MR) is 52.7 cm³/mol. The quantitative estimate of drug-likeness (QED) is 0.724. The first-order chi connectivity index (χ1) is 7.28. The molecule has 0 saturated carbocycles. The zero-order valence-electron chi connectivity index (χ0n) is 9.30. The van der Waals surface area contributed by atoms with Crippen LogP contribution < -0.4 is 11.1 Å². The number of carbonyl (C=O) groups is 1. The van der Waals surface area contributed by atoms with Crippen molar-refractivity contribution in [2.24, 2.45) is 5.73 Å². The van der Waals surface area contributed by atoms with Gasteiger partial charge in [-0.1, -0.05) is 0 Å². The van der Waals surface area contributed by atoms with E-state index in [1.165, 1.54) is 14.0 Å². The van der Waals surface area contributed by atoms with Gasteiger partial charge in [-0.15, -0.1) is 0 Å². The molecule has 0 bridgehead atoms. The van der Waals surface area contributed by atoms with Gasteiger partial charge in [-0.05, 0) is 6.92 Å². The average molecular weight is 242 g/mol. The summed E-state index contributed by atoms with van der Waals surface area (Å²) in [5.74, 6) is -0.492. The number of nitrogens with one attached hydrogen (secondary N) is 1. The number of hydrogen-bond acceptors (Lipinski definition) is 3. The number of ether oxygens (including phenoxy) is 1. The topological polar surface area (TPSA) is 64.3 Å². The number of methoxy groups -OCH3 is 1. The van der Waals surface area contributed by atoms with Gasteiger partial charge >= 0.3 is 6.18 Å². The van der Waals surface area contributed by atoms with E-state index in [2.05, 4.69) is 5.32 Å². The summed E-state index contributed by atoms with van der Waals surface area (Å²) in [7, 11) is 1.39.